The molecule has 0 aromatic heterocycles. The third-order valence-corrected chi connectivity index (χ3v) is 1.76. The number of aliphatic carboxylic acids is 1. The summed E-state index contributed by atoms with van der Waals surface area (Å²) in [5.74, 6) is -1.31. The number of carboxylic acid groups (broad SMARTS) is 1. The van der Waals surface area contributed by atoms with Gasteiger partial charge in [-0.3, -0.25) is 9.63 Å². The van der Waals surface area contributed by atoms with Gasteiger partial charge in [0.1, 0.15) is 0 Å². The molecule has 1 fully saturated rings. The summed E-state index contributed by atoms with van der Waals surface area (Å²) in [7, 11) is 0. The number of carboxylic acids is 1. The van der Waals surface area contributed by atoms with E-state index in [1.54, 1.807) is 6.92 Å². The summed E-state index contributed by atoms with van der Waals surface area (Å²) in [6.07, 6.45) is -0.481. The minimum absolute atomic E-state index is 0.270. The van der Waals surface area contributed by atoms with Crippen LogP contribution < -0.4 is 0 Å². The van der Waals surface area contributed by atoms with Crippen molar-refractivity contribution in [1.82, 2.24) is 5.06 Å². The van der Waals surface area contributed by atoms with Crippen molar-refractivity contribution in [3.05, 3.63) is 0 Å². The van der Waals surface area contributed by atoms with Gasteiger partial charge in [0.15, 0.2) is 0 Å². The van der Waals surface area contributed by atoms with E-state index in [1.807, 2.05) is 0 Å². The summed E-state index contributed by atoms with van der Waals surface area (Å²) < 4.78 is 0. The fourth-order valence-electron chi connectivity index (χ4n) is 1.04. The molecule has 2 atom stereocenters. The molecule has 1 aliphatic heterocycles. The molecule has 0 aromatic carbocycles. The van der Waals surface area contributed by atoms with Crippen LogP contribution in [0.15, 0.2) is 0 Å². The fourth-order valence-corrected chi connectivity index (χ4v) is 1.04. The van der Waals surface area contributed by atoms with Crippen LogP contribution in [-0.2, 0) is 9.63 Å². The van der Waals surface area contributed by atoms with Gasteiger partial charge in [-0.05, 0) is 0 Å². The van der Waals surface area contributed by atoms with Crippen LogP contribution in [0.25, 0.3) is 0 Å². The molecule has 5 heteroatoms. The van der Waals surface area contributed by atoms with Crippen molar-refractivity contribution in [2.75, 3.05) is 19.7 Å². The molecular weight excluding hydrogens is 162 g/mol. The fraction of sp³-hybridized carbons (Fsp3) is 0.857. The van der Waals surface area contributed by atoms with Crippen LogP contribution in [0, 0.1) is 5.92 Å². The van der Waals surface area contributed by atoms with Gasteiger partial charge < -0.3 is 10.2 Å². The molecule has 1 saturated heterocycles. The first-order valence-electron chi connectivity index (χ1n) is 3.88. The Morgan fingerprint density at radius 3 is 2.92 bits per heavy atom. The summed E-state index contributed by atoms with van der Waals surface area (Å²) in [6, 6.07) is 0. The first-order chi connectivity index (χ1) is 5.59. The van der Waals surface area contributed by atoms with Crippen LogP contribution in [0.2, 0.25) is 0 Å². The van der Waals surface area contributed by atoms with Crippen LogP contribution in [0.1, 0.15) is 6.92 Å². The van der Waals surface area contributed by atoms with Crippen LogP contribution in [0.3, 0.4) is 0 Å². The molecule has 1 unspecified atom stereocenters. The number of β-amino-alcohol motifs (C(OH)–C–C–N with tert-alkyl or cyclic N) is 1. The van der Waals surface area contributed by atoms with E-state index in [0.717, 1.165) is 0 Å². The predicted octanol–water partition coefficient (Wildman–Crippen LogP) is -0.685. The maximum absolute atomic E-state index is 10.4. The molecule has 0 amide bonds. The molecule has 2 N–H and O–H groups in total. The molecule has 0 radical (unpaired) electrons. The maximum atomic E-state index is 10.4. The van der Waals surface area contributed by atoms with Crippen LogP contribution in [0.5, 0.6) is 0 Å². The van der Waals surface area contributed by atoms with Gasteiger partial charge in [-0.2, -0.15) is 5.06 Å². The molecule has 1 heterocycles. The van der Waals surface area contributed by atoms with Gasteiger partial charge in [-0.1, -0.05) is 6.92 Å². The van der Waals surface area contributed by atoms with Gasteiger partial charge in [0.05, 0.1) is 25.2 Å². The van der Waals surface area contributed by atoms with Gasteiger partial charge >= 0.3 is 5.97 Å². The lowest BCUT2D eigenvalue weighted by atomic mass is 10.2. The molecule has 1 rings (SSSR count). The van der Waals surface area contributed by atoms with Crippen molar-refractivity contribution in [2.45, 2.75) is 13.0 Å². The molecule has 1 aliphatic rings. The van der Waals surface area contributed by atoms with Crippen molar-refractivity contribution < 1.29 is 19.8 Å². The molecule has 0 aromatic rings. The largest absolute Gasteiger partial charge is 0.481 e. The van der Waals surface area contributed by atoms with Gasteiger partial charge in [-0.15, -0.1) is 0 Å². The number of hydroxylamine groups is 2. The lowest BCUT2D eigenvalue weighted by molar-refractivity contribution is -0.151. The van der Waals surface area contributed by atoms with E-state index < -0.39 is 18.0 Å². The molecule has 0 bridgehead atoms. The number of hydrogen-bond donors (Lipinski definition) is 2. The smallest absolute Gasteiger partial charge is 0.307 e. The van der Waals surface area contributed by atoms with E-state index in [0.29, 0.717) is 13.1 Å². The SMILES string of the molecule is CC(CN1C[C@@H](O)CO1)C(=O)O. The summed E-state index contributed by atoms with van der Waals surface area (Å²) in [5.41, 5.74) is 0. The lowest BCUT2D eigenvalue weighted by Gasteiger charge is -2.15. The second-order valence-corrected chi connectivity index (χ2v) is 3.04. The zero-order chi connectivity index (χ0) is 9.14. The minimum Gasteiger partial charge on any atom is -0.481 e. The normalized spacial score (nSPS) is 27.3. The van der Waals surface area contributed by atoms with E-state index in [2.05, 4.69) is 0 Å². The van der Waals surface area contributed by atoms with Crippen LogP contribution in [-0.4, -0.2) is 47.0 Å². The monoisotopic (exact) mass is 175 g/mol. The highest BCUT2D eigenvalue weighted by molar-refractivity contribution is 5.69. The van der Waals surface area contributed by atoms with E-state index >= 15 is 0 Å². The van der Waals surface area contributed by atoms with E-state index in [4.69, 9.17) is 15.1 Å². The summed E-state index contributed by atoms with van der Waals surface area (Å²) in [4.78, 5) is 15.4. The summed E-state index contributed by atoms with van der Waals surface area (Å²) in [6.45, 7) is 2.60. The van der Waals surface area contributed by atoms with Crippen LogP contribution >= 0.6 is 0 Å². The number of nitrogens with zero attached hydrogens (tertiary/aromatic N) is 1. The number of hydrogen-bond acceptors (Lipinski definition) is 4. The molecule has 70 valence electrons. The third-order valence-electron chi connectivity index (χ3n) is 1.76. The van der Waals surface area contributed by atoms with Crippen molar-refractivity contribution in [2.24, 2.45) is 5.92 Å². The molecule has 0 spiro atoms. The number of aliphatic hydroxyl groups excluding tert-OH is 1. The zero-order valence-corrected chi connectivity index (χ0v) is 6.93. The van der Waals surface area contributed by atoms with Gasteiger partial charge in [0.25, 0.3) is 0 Å². The third kappa shape index (κ3) is 2.44. The molecule has 0 saturated carbocycles. The summed E-state index contributed by atoms with van der Waals surface area (Å²) in [5, 5.41) is 19.1. The van der Waals surface area contributed by atoms with Crippen molar-refractivity contribution in [3.8, 4) is 0 Å². The minimum atomic E-state index is -0.847. The topological polar surface area (TPSA) is 70.0 Å². The number of aliphatic hydroxyl groups is 1. The standard InChI is InChI=1S/C7H13NO4/c1-5(7(10)11)2-8-3-6(9)4-12-8/h5-6,9H,2-4H2,1H3,(H,10,11)/t5?,6-/m1/s1. The Kier molecular flexibility index (Phi) is 3.02. The molecule has 0 aliphatic carbocycles. The van der Waals surface area contributed by atoms with Crippen LogP contribution in [0.4, 0.5) is 0 Å². The van der Waals surface area contributed by atoms with Crippen molar-refractivity contribution in [3.63, 3.8) is 0 Å². The van der Waals surface area contributed by atoms with E-state index in [9.17, 15) is 4.79 Å². The molecule has 5 nitrogen and oxygen atoms in total. The van der Waals surface area contributed by atoms with Crippen molar-refractivity contribution >= 4 is 5.97 Å². The highest BCUT2D eigenvalue weighted by Crippen LogP contribution is 2.08. The van der Waals surface area contributed by atoms with Gasteiger partial charge in [-0.25, -0.2) is 0 Å². The number of carbonyl (C=O) groups is 1. The highest BCUT2D eigenvalue weighted by atomic mass is 16.7. The second-order valence-electron chi connectivity index (χ2n) is 3.04. The van der Waals surface area contributed by atoms with E-state index in [1.165, 1.54) is 5.06 Å². The number of rotatable bonds is 3. The van der Waals surface area contributed by atoms with E-state index in [-0.39, 0.29) is 6.61 Å². The Morgan fingerprint density at radius 1 is 1.83 bits per heavy atom. The average Bonchev–Trinajstić information content (AvgIpc) is 2.35. The molecule has 12 heavy (non-hydrogen) atoms. The summed E-state index contributed by atoms with van der Waals surface area (Å²) >= 11 is 0. The Bertz CT molecular complexity index is 173. The zero-order valence-electron chi connectivity index (χ0n) is 6.93. The highest BCUT2D eigenvalue weighted by Gasteiger charge is 2.24. The molecular formula is C7H13NO4. The average molecular weight is 175 g/mol. The second kappa shape index (κ2) is 3.84. The first kappa shape index (κ1) is 9.44. The Hall–Kier alpha value is -0.650. The maximum Gasteiger partial charge on any atom is 0.307 e. The van der Waals surface area contributed by atoms with Crippen molar-refractivity contribution in [1.29, 1.82) is 0 Å². The lowest BCUT2D eigenvalue weighted by Crippen LogP contribution is -2.29. The quantitative estimate of drug-likeness (QED) is 0.594. The predicted molar refractivity (Wildman–Crippen MR) is 40.3 cm³/mol. The first-order valence-corrected chi connectivity index (χ1v) is 3.88. The Balaban J connectivity index is 2.27. The van der Waals surface area contributed by atoms with Gasteiger partial charge in [0.2, 0.25) is 0 Å². The Labute approximate surface area is 70.5 Å². The Morgan fingerprint density at radius 2 is 2.50 bits per heavy atom. The van der Waals surface area contributed by atoms with Gasteiger partial charge in [0, 0.05) is 6.54 Å².